The van der Waals surface area contributed by atoms with Gasteiger partial charge < -0.3 is 4.90 Å². The minimum atomic E-state index is 0.758. The van der Waals surface area contributed by atoms with Crippen molar-refractivity contribution in [1.29, 1.82) is 0 Å². The normalized spacial score (nSPS) is 9.88. The van der Waals surface area contributed by atoms with Crippen LogP contribution in [0.4, 0.5) is 5.82 Å². The SMILES string of the molecule is C=CCN(Cc1ccccc1)c1cnccn1. The zero-order valence-corrected chi connectivity index (χ0v) is 9.66. The van der Waals surface area contributed by atoms with Gasteiger partial charge in [0.15, 0.2) is 0 Å². The Morgan fingerprint density at radius 2 is 2.00 bits per heavy atom. The molecule has 0 N–H and O–H groups in total. The van der Waals surface area contributed by atoms with Crippen molar-refractivity contribution >= 4 is 5.82 Å². The molecule has 0 saturated heterocycles. The molecule has 0 aliphatic rings. The third-order valence-electron chi connectivity index (χ3n) is 2.44. The molecule has 0 radical (unpaired) electrons. The van der Waals surface area contributed by atoms with E-state index >= 15 is 0 Å². The maximum absolute atomic E-state index is 4.31. The van der Waals surface area contributed by atoms with E-state index in [2.05, 4.69) is 33.6 Å². The highest BCUT2D eigenvalue weighted by Gasteiger charge is 2.06. The number of nitrogens with zero attached hydrogens (tertiary/aromatic N) is 3. The lowest BCUT2D eigenvalue weighted by molar-refractivity contribution is 0.841. The van der Waals surface area contributed by atoms with E-state index in [1.165, 1.54) is 5.56 Å². The first-order valence-corrected chi connectivity index (χ1v) is 5.56. The predicted molar refractivity (Wildman–Crippen MR) is 69.7 cm³/mol. The van der Waals surface area contributed by atoms with Crippen molar-refractivity contribution in [3.8, 4) is 0 Å². The van der Waals surface area contributed by atoms with E-state index in [-0.39, 0.29) is 0 Å². The minimum absolute atomic E-state index is 0.758. The number of aromatic nitrogens is 2. The third kappa shape index (κ3) is 3.14. The molecule has 2 aromatic rings. The second kappa shape index (κ2) is 5.80. The van der Waals surface area contributed by atoms with E-state index in [0.29, 0.717) is 0 Å². The zero-order chi connectivity index (χ0) is 11.9. The molecule has 0 aliphatic carbocycles. The van der Waals surface area contributed by atoms with Gasteiger partial charge in [0.2, 0.25) is 0 Å². The van der Waals surface area contributed by atoms with Crippen molar-refractivity contribution in [2.75, 3.05) is 11.4 Å². The van der Waals surface area contributed by atoms with Gasteiger partial charge in [-0.3, -0.25) is 4.98 Å². The van der Waals surface area contributed by atoms with Crippen LogP contribution in [0.3, 0.4) is 0 Å². The van der Waals surface area contributed by atoms with Crippen LogP contribution in [0.2, 0.25) is 0 Å². The molecule has 0 fully saturated rings. The molecule has 0 unspecified atom stereocenters. The smallest absolute Gasteiger partial charge is 0.147 e. The van der Waals surface area contributed by atoms with Crippen LogP contribution in [0.5, 0.6) is 0 Å². The van der Waals surface area contributed by atoms with E-state index in [9.17, 15) is 0 Å². The number of hydrogen-bond acceptors (Lipinski definition) is 3. The molecular weight excluding hydrogens is 210 g/mol. The summed E-state index contributed by atoms with van der Waals surface area (Å²) in [5, 5.41) is 0. The Balaban J connectivity index is 2.16. The molecule has 0 bridgehead atoms. The van der Waals surface area contributed by atoms with E-state index in [1.54, 1.807) is 18.6 Å². The number of rotatable bonds is 5. The first-order chi connectivity index (χ1) is 8.40. The fraction of sp³-hybridized carbons (Fsp3) is 0.143. The summed E-state index contributed by atoms with van der Waals surface area (Å²) in [4.78, 5) is 10.5. The molecule has 1 aromatic carbocycles. The van der Waals surface area contributed by atoms with E-state index in [0.717, 1.165) is 18.9 Å². The van der Waals surface area contributed by atoms with Gasteiger partial charge in [-0.1, -0.05) is 36.4 Å². The lowest BCUT2D eigenvalue weighted by atomic mass is 10.2. The van der Waals surface area contributed by atoms with Crippen LogP contribution in [-0.2, 0) is 6.54 Å². The number of benzene rings is 1. The van der Waals surface area contributed by atoms with Gasteiger partial charge in [-0.05, 0) is 5.56 Å². The van der Waals surface area contributed by atoms with E-state index < -0.39 is 0 Å². The van der Waals surface area contributed by atoms with Crippen LogP contribution < -0.4 is 4.90 Å². The number of anilines is 1. The Kier molecular flexibility index (Phi) is 3.86. The second-order valence-electron chi connectivity index (χ2n) is 3.72. The molecule has 1 aromatic heterocycles. The number of hydrogen-bond donors (Lipinski definition) is 0. The maximum atomic E-state index is 4.31. The van der Waals surface area contributed by atoms with Crippen molar-refractivity contribution in [1.82, 2.24) is 9.97 Å². The Bertz CT molecular complexity index is 453. The Morgan fingerprint density at radius 3 is 2.65 bits per heavy atom. The molecule has 0 amide bonds. The first kappa shape index (κ1) is 11.3. The summed E-state index contributed by atoms with van der Waals surface area (Å²) in [5.41, 5.74) is 1.25. The van der Waals surface area contributed by atoms with Crippen molar-refractivity contribution < 1.29 is 0 Å². The molecule has 2 rings (SSSR count). The molecule has 3 heteroatoms. The standard InChI is InChI=1S/C14H15N3/c1-2-10-17(14-11-15-8-9-16-14)12-13-6-4-3-5-7-13/h2-9,11H,1,10,12H2. The second-order valence-corrected chi connectivity index (χ2v) is 3.72. The summed E-state index contributed by atoms with van der Waals surface area (Å²) in [5.74, 6) is 0.872. The van der Waals surface area contributed by atoms with Crippen molar-refractivity contribution in [2.45, 2.75) is 6.54 Å². The molecule has 1 heterocycles. The lowest BCUT2D eigenvalue weighted by Crippen LogP contribution is -2.23. The highest BCUT2D eigenvalue weighted by atomic mass is 15.2. The summed E-state index contributed by atoms with van der Waals surface area (Å²) >= 11 is 0. The highest BCUT2D eigenvalue weighted by Crippen LogP contribution is 2.12. The van der Waals surface area contributed by atoms with Gasteiger partial charge in [-0.25, -0.2) is 4.98 Å². The summed E-state index contributed by atoms with van der Waals surface area (Å²) in [6.07, 6.45) is 7.03. The van der Waals surface area contributed by atoms with Gasteiger partial charge in [0, 0.05) is 25.5 Å². The van der Waals surface area contributed by atoms with Gasteiger partial charge in [0.25, 0.3) is 0 Å². The van der Waals surface area contributed by atoms with Gasteiger partial charge in [-0.15, -0.1) is 6.58 Å². The minimum Gasteiger partial charge on any atom is -0.347 e. The Morgan fingerprint density at radius 1 is 1.18 bits per heavy atom. The highest BCUT2D eigenvalue weighted by molar-refractivity contribution is 5.37. The topological polar surface area (TPSA) is 29.0 Å². The summed E-state index contributed by atoms with van der Waals surface area (Å²) in [6.45, 7) is 5.35. The third-order valence-corrected chi connectivity index (χ3v) is 2.44. The van der Waals surface area contributed by atoms with Crippen LogP contribution in [0, 0.1) is 0 Å². The first-order valence-electron chi connectivity index (χ1n) is 5.56. The van der Waals surface area contributed by atoms with Crippen LogP contribution in [0.25, 0.3) is 0 Å². The molecule has 0 spiro atoms. The van der Waals surface area contributed by atoms with Crippen LogP contribution in [-0.4, -0.2) is 16.5 Å². The van der Waals surface area contributed by atoms with Gasteiger partial charge in [0.1, 0.15) is 5.82 Å². The quantitative estimate of drug-likeness (QED) is 0.732. The van der Waals surface area contributed by atoms with Crippen molar-refractivity contribution in [2.24, 2.45) is 0 Å². The Labute approximate surface area is 101 Å². The molecule has 86 valence electrons. The molecule has 0 saturated carbocycles. The summed E-state index contributed by atoms with van der Waals surface area (Å²) in [7, 11) is 0. The lowest BCUT2D eigenvalue weighted by Gasteiger charge is -2.21. The molecule has 0 atom stereocenters. The molecule has 0 aliphatic heterocycles. The predicted octanol–water partition coefficient (Wildman–Crippen LogP) is 2.67. The monoisotopic (exact) mass is 225 g/mol. The van der Waals surface area contributed by atoms with Crippen molar-refractivity contribution in [3.63, 3.8) is 0 Å². The van der Waals surface area contributed by atoms with Gasteiger partial charge in [0.05, 0.1) is 6.20 Å². The molecule has 3 nitrogen and oxygen atoms in total. The maximum Gasteiger partial charge on any atom is 0.147 e. The van der Waals surface area contributed by atoms with Crippen molar-refractivity contribution in [3.05, 3.63) is 67.1 Å². The fourth-order valence-corrected chi connectivity index (χ4v) is 1.65. The van der Waals surface area contributed by atoms with E-state index in [1.807, 2.05) is 24.3 Å². The Hall–Kier alpha value is -2.16. The van der Waals surface area contributed by atoms with Gasteiger partial charge >= 0.3 is 0 Å². The molecular formula is C14H15N3. The zero-order valence-electron chi connectivity index (χ0n) is 9.66. The average Bonchev–Trinajstić information content (AvgIpc) is 2.40. The fourth-order valence-electron chi connectivity index (χ4n) is 1.65. The van der Waals surface area contributed by atoms with Crippen LogP contribution in [0.15, 0.2) is 61.6 Å². The largest absolute Gasteiger partial charge is 0.347 e. The average molecular weight is 225 g/mol. The van der Waals surface area contributed by atoms with Gasteiger partial charge in [-0.2, -0.15) is 0 Å². The molecule has 17 heavy (non-hydrogen) atoms. The van der Waals surface area contributed by atoms with Crippen LogP contribution in [0.1, 0.15) is 5.56 Å². The van der Waals surface area contributed by atoms with Crippen LogP contribution >= 0.6 is 0 Å². The summed E-state index contributed by atoms with van der Waals surface area (Å²) in [6, 6.07) is 10.3. The summed E-state index contributed by atoms with van der Waals surface area (Å²) < 4.78 is 0. The van der Waals surface area contributed by atoms with E-state index in [4.69, 9.17) is 0 Å².